The summed E-state index contributed by atoms with van der Waals surface area (Å²) in [6, 6.07) is 0. The number of nitrogens with two attached hydrogens (primary N) is 1. The monoisotopic (exact) mass is 229 g/mol. The summed E-state index contributed by atoms with van der Waals surface area (Å²) in [6.45, 7) is 6.70. The second kappa shape index (κ2) is 5.99. The number of rotatable bonds is 4. The minimum absolute atomic E-state index is 0.00171. The van der Waals surface area contributed by atoms with Crippen LogP contribution in [0.15, 0.2) is 0 Å². The summed E-state index contributed by atoms with van der Waals surface area (Å²) in [6.07, 6.45) is 2.66. The maximum absolute atomic E-state index is 9.57. The van der Waals surface area contributed by atoms with E-state index in [9.17, 15) is 10.2 Å². The first-order valence-electron chi connectivity index (χ1n) is 6.51. The lowest BCUT2D eigenvalue weighted by atomic mass is 9.65. The lowest BCUT2D eigenvalue weighted by Gasteiger charge is -2.42. The van der Waals surface area contributed by atoms with E-state index >= 15 is 0 Å². The first-order valence-corrected chi connectivity index (χ1v) is 6.51. The molecule has 0 aromatic heterocycles. The molecule has 1 aliphatic carbocycles. The van der Waals surface area contributed by atoms with Crippen molar-refractivity contribution < 1.29 is 10.2 Å². The molecule has 0 saturated heterocycles. The molecule has 3 nitrogen and oxygen atoms in total. The van der Waals surface area contributed by atoms with Crippen molar-refractivity contribution in [1.82, 2.24) is 0 Å². The molecule has 0 bridgehead atoms. The third kappa shape index (κ3) is 3.19. The molecule has 3 heteroatoms. The molecule has 0 amide bonds. The van der Waals surface area contributed by atoms with Crippen LogP contribution in [0.25, 0.3) is 0 Å². The molecule has 1 saturated carbocycles. The van der Waals surface area contributed by atoms with Crippen LogP contribution in [0.5, 0.6) is 0 Å². The van der Waals surface area contributed by atoms with Crippen LogP contribution in [0.1, 0.15) is 40.0 Å². The van der Waals surface area contributed by atoms with E-state index in [0.29, 0.717) is 23.7 Å². The van der Waals surface area contributed by atoms with Gasteiger partial charge in [-0.15, -0.1) is 0 Å². The molecule has 4 N–H and O–H groups in total. The second-order valence-electron chi connectivity index (χ2n) is 5.83. The number of hydrogen-bond donors (Lipinski definition) is 3. The lowest BCUT2D eigenvalue weighted by molar-refractivity contribution is -0.0156. The summed E-state index contributed by atoms with van der Waals surface area (Å²) < 4.78 is 0. The Morgan fingerprint density at radius 2 is 1.88 bits per heavy atom. The van der Waals surface area contributed by atoms with Crippen LogP contribution in [-0.4, -0.2) is 23.0 Å². The fraction of sp³-hybridized carbons (Fsp3) is 1.00. The molecule has 0 heterocycles. The predicted octanol–water partition coefficient (Wildman–Crippen LogP) is 1.58. The Morgan fingerprint density at radius 3 is 2.31 bits per heavy atom. The highest BCUT2D eigenvalue weighted by molar-refractivity contribution is 4.86. The van der Waals surface area contributed by atoms with E-state index in [4.69, 9.17) is 5.73 Å². The molecule has 0 spiro atoms. The zero-order chi connectivity index (χ0) is 12.3. The van der Waals surface area contributed by atoms with Crippen molar-refractivity contribution in [2.75, 3.05) is 6.61 Å². The highest BCUT2D eigenvalue weighted by Crippen LogP contribution is 2.42. The summed E-state index contributed by atoms with van der Waals surface area (Å²) in [4.78, 5) is 0. The molecule has 16 heavy (non-hydrogen) atoms. The summed E-state index contributed by atoms with van der Waals surface area (Å²) in [5.74, 6) is 2.09. The fourth-order valence-corrected chi connectivity index (χ4v) is 3.26. The number of hydrogen-bond acceptors (Lipinski definition) is 3. The highest BCUT2D eigenvalue weighted by atomic mass is 16.3. The average molecular weight is 229 g/mol. The van der Waals surface area contributed by atoms with Crippen molar-refractivity contribution in [2.24, 2.45) is 35.3 Å². The summed E-state index contributed by atoms with van der Waals surface area (Å²) in [7, 11) is 0. The molecule has 0 aliphatic heterocycles. The minimum Gasteiger partial charge on any atom is -0.396 e. The van der Waals surface area contributed by atoms with Gasteiger partial charge in [0.15, 0.2) is 0 Å². The Labute approximate surface area is 99.0 Å². The van der Waals surface area contributed by atoms with Gasteiger partial charge < -0.3 is 15.9 Å². The van der Waals surface area contributed by atoms with Crippen molar-refractivity contribution in [2.45, 2.75) is 46.3 Å². The molecule has 0 radical (unpaired) electrons. The fourth-order valence-electron chi connectivity index (χ4n) is 3.26. The second-order valence-corrected chi connectivity index (χ2v) is 5.83. The van der Waals surface area contributed by atoms with Gasteiger partial charge in [0, 0.05) is 12.5 Å². The average Bonchev–Trinajstić information content (AvgIpc) is 2.17. The van der Waals surface area contributed by atoms with Gasteiger partial charge in [0.05, 0.1) is 0 Å². The van der Waals surface area contributed by atoms with Gasteiger partial charge in [0.25, 0.3) is 0 Å². The van der Waals surface area contributed by atoms with E-state index < -0.39 is 6.23 Å². The van der Waals surface area contributed by atoms with Crippen LogP contribution in [0.4, 0.5) is 0 Å². The highest BCUT2D eigenvalue weighted by Gasteiger charge is 2.37. The Balaban J connectivity index is 2.76. The molecular weight excluding hydrogens is 202 g/mol. The molecular formula is C13H27NO2. The summed E-state index contributed by atoms with van der Waals surface area (Å²) >= 11 is 0. The van der Waals surface area contributed by atoms with E-state index in [1.807, 2.05) is 0 Å². The minimum atomic E-state index is -0.887. The Kier molecular flexibility index (Phi) is 5.22. The molecule has 5 atom stereocenters. The van der Waals surface area contributed by atoms with Gasteiger partial charge in [-0.2, -0.15) is 0 Å². The van der Waals surface area contributed by atoms with Gasteiger partial charge in [-0.3, -0.25) is 0 Å². The van der Waals surface area contributed by atoms with Gasteiger partial charge in [-0.1, -0.05) is 27.2 Å². The number of aliphatic hydroxyl groups is 2. The van der Waals surface area contributed by atoms with Crippen molar-refractivity contribution >= 4 is 0 Å². The maximum Gasteiger partial charge on any atom is 0.107 e. The Bertz CT molecular complexity index is 196. The molecule has 0 aromatic carbocycles. The first kappa shape index (κ1) is 13.9. The normalized spacial score (nSPS) is 35.1. The largest absolute Gasteiger partial charge is 0.396 e. The Hall–Kier alpha value is -0.120. The lowest BCUT2D eigenvalue weighted by Crippen LogP contribution is -2.43. The first-order chi connectivity index (χ1) is 7.47. The topological polar surface area (TPSA) is 66.5 Å². The Morgan fingerprint density at radius 1 is 1.25 bits per heavy atom. The molecule has 0 aromatic rings. The van der Waals surface area contributed by atoms with Crippen LogP contribution in [0.2, 0.25) is 0 Å². The van der Waals surface area contributed by atoms with Gasteiger partial charge in [-0.05, 0) is 36.5 Å². The van der Waals surface area contributed by atoms with Gasteiger partial charge in [-0.25, -0.2) is 0 Å². The van der Waals surface area contributed by atoms with Gasteiger partial charge in [0.2, 0.25) is 0 Å². The SMILES string of the molecule is CC1CCC(C(C)C)C(C(CO)C(N)O)C1. The van der Waals surface area contributed by atoms with Gasteiger partial charge >= 0.3 is 0 Å². The molecule has 5 unspecified atom stereocenters. The van der Waals surface area contributed by atoms with Crippen molar-refractivity contribution in [3.05, 3.63) is 0 Å². The van der Waals surface area contributed by atoms with Crippen LogP contribution in [0.3, 0.4) is 0 Å². The van der Waals surface area contributed by atoms with E-state index in [1.54, 1.807) is 0 Å². The van der Waals surface area contributed by atoms with E-state index in [1.165, 1.54) is 12.8 Å². The van der Waals surface area contributed by atoms with Crippen molar-refractivity contribution in [3.63, 3.8) is 0 Å². The van der Waals surface area contributed by atoms with Crippen LogP contribution >= 0.6 is 0 Å². The van der Waals surface area contributed by atoms with Crippen molar-refractivity contribution in [1.29, 1.82) is 0 Å². The molecule has 1 aliphatic rings. The maximum atomic E-state index is 9.57. The third-order valence-electron chi connectivity index (χ3n) is 4.27. The standard InChI is InChI=1S/C13H27NO2/c1-8(2)10-5-4-9(3)6-11(10)12(7-15)13(14)16/h8-13,15-16H,4-7,14H2,1-3H3. The zero-order valence-electron chi connectivity index (χ0n) is 10.8. The quantitative estimate of drug-likeness (QED) is 0.641. The third-order valence-corrected chi connectivity index (χ3v) is 4.27. The summed E-state index contributed by atoms with van der Waals surface area (Å²) in [5.41, 5.74) is 5.58. The molecule has 1 fully saturated rings. The molecule has 96 valence electrons. The van der Waals surface area contributed by atoms with Crippen LogP contribution < -0.4 is 5.73 Å². The van der Waals surface area contributed by atoms with E-state index in [0.717, 1.165) is 6.42 Å². The van der Waals surface area contributed by atoms with Crippen LogP contribution in [0, 0.1) is 29.6 Å². The van der Waals surface area contributed by atoms with Gasteiger partial charge in [0.1, 0.15) is 6.23 Å². The molecule has 1 rings (SSSR count). The van der Waals surface area contributed by atoms with Crippen molar-refractivity contribution in [3.8, 4) is 0 Å². The number of aliphatic hydroxyl groups excluding tert-OH is 2. The summed E-state index contributed by atoms with van der Waals surface area (Å²) in [5, 5.41) is 19.0. The zero-order valence-corrected chi connectivity index (χ0v) is 10.8. The van der Waals surface area contributed by atoms with E-state index in [2.05, 4.69) is 20.8 Å². The smallest absolute Gasteiger partial charge is 0.107 e. The van der Waals surface area contributed by atoms with Crippen LogP contribution in [-0.2, 0) is 0 Å². The predicted molar refractivity (Wildman–Crippen MR) is 65.6 cm³/mol. The van der Waals surface area contributed by atoms with E-state index in [-0.39, 0.29) is 12.5 Å².